The molecule has 2 aromatic rings. The van der Waals surface area contributed by atoms with Gasteiger partial charge in [-0.25, -0.2) is 4.79 Å². The van der Waals surface area contributed by atoms with E-state index in [0.717, 1.165) is 6.42 Å². The number of benzene rings is 2. The second-order valence-electron chi connectivity index (χ2n) is 6.08. The predicted molar refractivity (Wildman–Crippen MR) is 106 cm³/mol. The van der Waals surface area contributed by atoms with Gasteiger partial charge in [-0.1, -0.05) is 26.0 Å². The van der Waals surface area contributed by atoms with Gasteiger partial charge in [0, 0.05) is 20.1 Å². The summed E-state index contributed by atoms with van der Waals surface area (Å²) in [6.45, 7) is 4.54. The fraction of sp³-hybridized carbons (Fsp3) is 0.263. The summed E-state index contributed by atoms with van der Waals surface area (Å²) in [5, 5.41) is 0. The van der Waals surface area contributed by atoms with Gasteiger partial charge in [0.2, 0.25) is 0 Å². The average molecular weight is 469 g/mol. The maximum absolute atomic E-state index is 12.6. The van der Waals surface area contributed by atoms with Crippen LogP contribution in [0.3, 0.4) is 0 Å². The molecule has 0 aliphatic carbocycles. The molecule has 132 valence electrons. The van der Waals surface area contributed by atoms with Crippen LogP contribution in [0.4, 0.5) is 5.69 Å². The molecule has 4 nitrogen and oxygen atoms in total. The lowest BCUT2D eigenvalue weighted by Gasteiger charge is -2.08. The molecule has 0 aromatic heterocycles. The molecule has 0 aliphatic heterocycles. The number of hydrogen-bond acceptors (Lipinski definition) is 4. The van der Waals surface area contributed by atoms with Gasteiger partial charge < -0.3 is 10.5 Å². The fourth-order valence-electron chi connectivity index (χ4n) is 2.11. The summed E-state index contributed by atoms with van der Waals surface area (Å²) in [7, 11) is 0. The second-order valence-corrected chi connectivity index (χ2v) is 7.79. The van der Waals surface area contributed by atoms with Gasteiger partial charge in [-0.05, 0) is 68.5 Å². The Morgan fingerprint density at radius 2 is 1.52 bits per heavy atom. The van der Waals surface area contributed by atoms with Crippen molar-refractivity contribution in [2.45, 2.75) is 20.3 Å². The number of hydrogen-bond donors (Lipinski definition) is 1. The van der Waals surface area contributed by atoms with Crippen LogP contribution in [0.5, 0.6) is 0 Å². The molecular weight excluding hydrogens is 450 g/mol. The Morgan fingerprint density at radius 1 is 1.00 bits per heavy atom. The third kappa shape index (κ3) is 5.16. The summed E-state index contributed by atoms with van der Waals surface area (Å²) in [6.07, 6.45) is 0.823. The zero-order chi connectivity index (χ0) is 18.6. The van der Waals surface area contributed by atoms with Crippen molar-refractivity contribution >= 4 is 49.3 Å². The molecule has 0 heterocycles. The predicted octanol–water partition coefficient (Wildman–Crippen LogP) is 5.23. The summed E-state index contributed by atoms with van der Waals surface area (Å²) < 4.78 is 6.52. The minimum absolute atomic E-state index is 0.152. The maximum atomic E-state index is 12.6. The number of carbonyl (C=O) groups is 2. The monoisotopic (exact) mass is 467 g/mol. The lowest BCUT2D eigenvalue weighted by molar-refractivity contribution is 0.0488. The molecule has 0 aliphatic rings. The Labute approximate surface area is 164 Å². The third-order valence-corrected chi connectivity index (χ3v) is 4.96. The van der Waals surface area contributed by atoms with Crippen LogP contribution in [0.1, 0.15) is 46.5 Å². The molecule has 0 unspecified atom stereocenters. The van der Waals surface area contributed by atoms with Gasteiger partial charge in [-0.15, -0.1) is 0 Å². The second kappa shape index (κ2) is 8.63. The van der Waals surface area contributed by atoms with E-state index >= 15 is 0 Å². The van der Waals surface area contributed by atoms with Crippen LogP contribution >= 0.6 is 31.9 Å². The first kappa shape index (κ1) is 19.7. The van der Waals surface area contributed by atoms with Gasteiger partial charge in [-0.3, -0.25) is 4.79 Å². The Bertz CT molecular complexity index is 763. The number of ketones is 1. The van der Waals surface area contributed by atoms with Crippen LogP contribution in [0.2, 0.25) is 0 Å². The number of nitrogens with two attached hydrogens (primary N) is 1. The van der Waals surface area contributed by atoms with E-state index in [1.807, 2.05) is 0 Å². The Kier molecular flexibility index (Phi) is 6.79. The smallest absolute Gasteiger partial charge is 0.338 e. The van der Waals surface area contributed by atoms with Gasteiger partial charge in [0.1, 0.15) is 0 Å². The van der Waals surface area contributed by atoms with Crippen molar-refractivity contribution in [3.63, 3.8) is 0 Å². The first-order valence-electron chi connectivity index (χ1n) is 7.86. The molecule has 6 heteroatoms. The van der Waals surface area contributed by atoms with Crippen molar-refractivity contribution < 1.29 is 14.3 Å². The van der Waals surface area contributed by atoms with Gasteiger partial charge in [0.25, 0.3) is 0 Å². The molecule has 0 bridgehead atoms. The van der Waals surface area contributed by atoms with Gasteiger partial charge in [0.05, 0.1) is 17.9 Å². The van der Waals surface area contributed by atoms with Crippen LogP contribution in [-0.2, 0) is 4.74 Å². The van der Waals surface area contributed by atoms with Crippen molar-refractivity contribution in [3.8, 4) is 0 Å². The molecule has 0 saturated carbocycles. The van der Waals surface area contributed by atoms with E-state index in [-0.39, 0.29) is 11.8 Å². The standard InChI is InChI=1S/C19H19Br2NO3/c1-11(2)7-8-25-19(24)13-5-3-12(4-6-13)18(23)14-9-15(20)17(22)16(21)10-14/h3-6,9-11H,7-8,22H2,1-2H3. The highest BCUT2D eigenvalue weighted by Crippen LogP contribution is 2.30. The van der Waals surface area contributed by atoms with Crippen molar-refractivity contribution in [2.75, 3.05) is 12.3 Å². The topological polar surface area (TPSA) is 69.4 Å². The lowest BCUT2D eigenvalue weighted by Crippen LogP contribution is -2.09. The maximum Gasteiger partial charge on any atom is 0.338 e. The molecule has 0 radical (unpaired) electrons. The van der Waals surface area contributed by atoms with Crippen LogP contribution in [-0.4, -0.2) is 18.4 Å². The Balaban J connectivity index is 2.11. The fourth-order valence-corrected chi connectivity index (χ4v) is 3.30. The molecule has 0 saturated heterocycles. The quantitative estimate of drug-likeness (QED) is 0.358. The lowest BCUT2D eigenvalue weighted by atomic mass is 10.0. The minimum Gasteiger partial charge on any atom is -0.462 e. The normalized spacial score (nSPS) is 10.8. The SMILES string of the molecule is CC(C)CCOC(=O)c1ccc(C(=O)c2cc(Br)c(N)c(Br)c2)cc1. The van der Waals surface area contributed by atoms with E-state index in [2.05, 4.69) is 45.7 Å². The highest BCUT2D eigenvalue weighted by Gasteiger charge is 2.14. The van der Waals surface area contributed by atoms with Crippen LogP contribution in [0, 0.1) is 5.92 Å². The van der Waals surface area contributed by atoms with E-state index in [1.54, 1.807) is 36.4 Å². The summed E-state index contributed by atoms with van der Waals surface area (Å²) in [6, 6.07) is 9.81. The van der Waals surface area contributed by atoms with E-state index in [4.69, 9.17) is 10.5 Å². The van der Waals surface area contributed by atoms with Crippen molar-refractivity contribution in [2.24, 2.45) is 5.92 Å². The summed E-state index contributed by atoms with van der Waals surface area (Å²) in [4.78, 5) is 24.6. The van der Waals surface area contributed by atoms with Crippen molar-refractivity contribution in [3.05, 3.63) is 62.0 Å². The van der Waals surface area contributed by atoms with Crippen LogP contribution in [0.25, 0.3) is 0 Å². The van der Waals surface area contributed by atoms with Crippen molar-refractivity contribution in [1.29, 1.82) is 0 Å². The van der Waals surface area contributed by atoms with Gasteiger partial charge >= 0.3 is 5.97 Å². The molecular formula is C19H19Br2NO3. The number of esters is 1. The highest BCUT2D eigenvalue weighted by atomic mass is 79.9. The van der Waals surface area contributed by atoms with Crippen LogP contribution in [0.15, 0.2) is 45.3 Å². The van der Waals surface area contributed by atoms with E-state index in [0.29, 0.717) is 43.8 Å². The van der Waals surface area contributed by atoms with Crippen LogP contribution < -0.4 is 5.73 Å². The van der Waals surface area contributed by atoms with Gasteiger partial charge in [-0.2, -0.15) is 0 Å². The molecule has 2 aromatic carbocycles. The molecule has 0 spiro atoms. The van der Waals surface area contributed by atoms with Gasteiger partial charge in [0.15, 0.2) is 5.78 Å². The zero-order valence-corrected chi connectivity index (χ0v) is 17.2. The molecule has 2 rings (SSSR count). The number of ether oxygens (including phenoxy) is 1. The largest absolute Gasteiger partial charge is 0.462 e. The van der Waals surface area contributed by atoms with Crippen molar-refractivity contribution in [1.82, 2.24) is 0 Å². The number of halogens is 2. The zero-order valence-electron chi connectivity index (χ0n) is 14.0. The summed E-state index contributed by atoms with van der Waals surface area (Å²) in [5.74, 6) is -0.0508. The molecule has 0 atom stereocenters. The first-order chi connectivity index (χ1) is 11.8. The number of carbonyl (C=O) groups excluding carboxylic acids is 2. The minimum atomic E-state index is -0.377. The third-order valence-electron chi connectivity index (χ3n) is 3.65. The molecule has 0 fully saturated rings. The Hall–Kier alpha value is -1.66. The molecule has 2 N–H and O–H groups in total. The molecule has 0 amide bonds. The van der Waals surface area contributed by atoms with E-state index in [1.165, 1.54) is 0 Å². The average Bonchev–Trinajstić information content (AvgIpc) is 2.58. The Morgan fingerprint density at radius 3 is 2.04 bits per heavy atom. The number of nitrogen functional groups attached to an aromatic ring is 1. The summed E-state index contributed by atoms with van der Waals surface area (Å²) in [5.41, 5.74) is 7.80. The van der Waals surface area contributed by atoms with E-state index in [9.17, 15) is 9.59 Å². The first-order valence-corrected chi connectivity index (χ1v) is 9.44. The summed E-state index contributed by atoms with van der Waals surface area (Å²) >= 11 is 6.67. The number of anilines is 1. The molecule has 25 heavy (non-hydrogen) atoms. The highest BCUT2D eigenvalue weighted by molar-refractivity contribution is 9.11. The number of rotatable bonds is 6. The van der Waals surface area contributed by atoms with E-state index < -0.39 is 0 Å².